The predicted molar refractivity (Wildman–Crippen MR) is 142 cm³/mol. The van der Waals surface area contributed by atoms with Crippen molar-refractivity contribution in [3.63, 3.8) is 0 Å². The van der Waals surface area contributed by atoms with E-state index in [1.54, 1.807) is 0 Å². The summed E-state index contributed by atoms with van der Waals surface area (Å²) in [6.45, 7) is 2.59. The summed E-state index contributed by atoms with van der Waals surface area (Å²) in [5, 5.41) is 0.126. The Labute approximate surface area is 220 Å². The molecule has 0 atom stereocenters. The molecule has 37 heavy (non-hydrogen) atoms. The molecule has 0 aromatic heterocycles. The Morgan fingerprint density at radius 1 is 0.892 bits per heavy atom. The fourth-order valence-electron chi connectivity index (χ4n) is 5.67. The van der Waals surface area contributed by atoms with Crippen LogP contribution in [0.15, 0.2) is 66.7 Å². The third-order valence-corrected chi connectivity index (χ3v) is 7.80. The van der Waals surface area contributed by atoms with Gasteiger partial charge >= 0.3 is 6.18 Å². The lowest BCUT2D eigenvalue weighted by atomic mass is 9.86. The van der Waals surface area contributed by atoms with Gasteiger partial charge in [0.2, 0.25) is 0 Å². The molecule has 1 nitrogen and oxygen atoms in total. The molecular weight excluding hydrogens is 498 g/mol. The van der Waals surface area contributed by atoms with Crippen molar-refractivity contribution >= 4 is 22.7 Å². The molecule has 0 unspecified atom stereocenters. The van der Waals surface area contributed by atoms with Gasteiger partial charge in [-0.1, -0.05) is 66.2 Å². The quantitative estimate of drug-likeness (QED) is 0.278. The maximum Gasteiger partial charge on any atom is 0.416 e. The SMILES string of the molecule is FCCCN1CC(Cc2ccc(C3=C(c4ccc(C(F)(F)F)cc4Cl)CCCc4ccccc43)cc2)C1. The largest absolute Gasteiger partial charge is 0.416 e. The monoisotopic (exact) mass is 527 g/mol. The number of halogens is 5. The number of fused-ring (bicyclic) bond motifs is 1. The van der Waals surface area contributed by atoms with E-state index in [-0.39, 0.29) is 11.7 Å². The Morgan fingerprint density at radius 2 is 1.65 bits per heavy atom. The van der Waals surface area contributed by atoms with Gasteiger partial charge in [0.05, 0.1) is 12.2 Å². The highest BCUT2D eigenvalue weighted by Gasteiger charge is 2.32. The van der Waals surface area contributed by atoms with Gasteiger partial charge < -0.3 is 4.90 Å². The molecule has 1 fully saturated rings. The van der Waals surface area contributed by atoms with E-state index >= 15 is 0 Å². The summed E-state index contributed by atoms with van der Waals surface area (Å²) < 4.78 is 52.3. The van der Waals surface area contributed by atoms with Gasteiger partial charge in [-0.25, -0.2) is 0 Å². The lowest BCUT2D eigenvalue weighted by Gasteiger charge is -2.39. The van der Waals surface area contributed by atoms with E-state index in [2.05, 4.69) is 41.3 Å². The Bertz CT molecular complexity index is 1270. The molecule has 1 heterocycles. The first-order valence-electron chi connectivity index (χ1n) is 12.9. The smallest absolute Gasteiger partial charge is 0.303 e. The first-order valence-corrected chi connectivity index (χ1v) is 13.3. The zero-order valence-electron chi connectivity index (χ0n) is 20.6. The Hall–Kier alpha value is -2.63. The molecule has 1 saturated heterocycles. The first kappa shape index (κ1) is 26.0. The van der Waals surface area contributed by atoms with E-state index in [9.17, 15) is 17.6 Å². The molecule has 2 aliphatic rings. The summed E-state index contributed by atoms with van der Waals surface area (Å²) in [5.41, 5.74) is 6.61. The number of alkyl halides is 4. The Kier molecular flexibility index (Phi) is 7.73. The van der Waals surface area contributed by atoms with Crippen LogP contribution in [-0.2, 0) is 19.0 Å². The van der Waals surface area contributed by atoms with Gasteiger partial charge in [-0.3, -0.25) is 4.39 Å². The number of nitrogens with zero attached hydrogens (tertiary/aromatic N) is 1. The molecule has 0 bridgehead atoms. The van der Waals surface area contributed by atoms with Crippen molar-refractivity contribution in [2.45, 2.75) is 38.3 Å². The fourth-order valence-corrected chi connectivity index (χ4v) is 5.97. The van der Waals surface area contributed by atoms with Crippen molar-refractivity contribution in [3.8, 4) is 0 Å². The average Bonchev–Trinajstić information content (AvgIpc) is 3.05. The highest BCUT2D eigenvalue weighted by Crippen LogP contribution is 2.43. The zero-order valence-corrected chi connectivity index (χ0v) is 21.4. The highest BCUT2D eigenvalue weighted by molar-refractivity contribution is 6.33. The molecule has 1 aliphatic heterocycles. The second kappa shape index (κ2) is 11.0. The van der Waals surface area contributed by atoms with Gasteiger partial charge in [-0.15, -0.1) is 0 Å². The predicted octanol–water partition coefficient (Wildman–Crippen LogP) is 8.49. The van der Waals surface area contributed by atoms with Crippen molar-refractivity contribution in [2.24, 2.45) is 5.92 Å². The van der Waals surface area contributed by atoms with Crippen LogP contribution in [0.25, 0.3) is 11.1 Å². The summed E-state index contributed by atoms with van der Waals surface area (Å²) in [5.74, 6) is 0.588. The van der Waals surface area contributed by atoms with Gasteiger partial charge in [-0.05, 0) is 89.1 Å². The molecule has 3 aromatic rings. The lowest BCUT2D eigenvalue weighted by Crippen LogP contribution is -2.47. The third-order valence-electron chi connectivity index (χ3n) is 7.49. The van der Waals surface area contributed by atoms with Crippen molar-refractivity contribution in [3.05, 3.63) is 105 Å². The van der Waals surface area contributed by atoms with Crippen LogP contribution in [-0.4, -0.2) is 31.2 Å². The third kappa shape index (κ3) is 5.78. The van der Waals surface area contributed by atoms with Crippen LogP contribution in [0, 0.1) is 5.92 Å². The maximum atomic E-state index is 13.3. The summed E-state index contributed by atoms with van der Waals surface area (Å²) in [7, 11) is 0. The van der Waals surface area contributed by atoms with Crippen molar-refractivity contribution in [1.29, 1.82) is 0 Å². The van der Waals surface area contributed by atoms with Gasteiger partial charge in [0, 0.05) is 24.7 Å². The number of aryl methyl sites for hydroxylation is 1. The molecule has 0 saturated carbocycles. The molecule has 5 rings (SSSR count). The number of allylic oxidation sites excluding steroid dienone is 1. The van der Waals surface area contributed by atoms with Crippen molar-refractivity contribution in [2.75, 3.05) is 26.3 Å². The number of benzene rings is 3. The van der Waals surface area contributed by atoms with Crippen LogP contribution in [0.1, 0.15) is 52.6 Å². The van der Waals surface area contributed by atoms with Crippen molar-refractivity contribution in [1.82, 2.24) is 4.90 Å². The van der Waals surface area contributed by atoms with Crippen molar-refractivity contribution < 1.29 is 17.6 Å². The minimum absolute atomic E-state index is 0.126. The van der Waals surface area contributed by atoms with E-state index in [0.29, 0.717) is 17.9 Å². The number of hydrogen-bond acceptors (Lipinski definition) is 1. The molecule has 194 valence electrons. The van der Waals surface area contributed by atoms with Gasteiger partial charge in [0.25, 0.3) is 0 Å². The van der Waals surface area contributed by atoms with Gasteiger partial charge in [0.1, 0.15) is 0 Å². The molecule has 0 amide bonds. The Balaban J connectivity index is 1.48. The molecule has 6 heteroatoms. The maximum absolute atomic E-state index is 13.3. The van der Waals surface area contributed by atoms with Crippen LogP contribution in [0.3, 0.4) is 0 Å². The fraction of sp³-hybridized carbons (Fsp3) is 0.355. The minimum Gasteiger partial charge on any atom is -0.303 e. The zero-order chi connectivity index (χ0) is 26.0. The topological polar surface area (TPSA) is 3.24 Å². The summed E-state index contributed by atoms with van der Waals surface area (Å²) in [6.07, 6.45) is -0.321. The molecule has 0 radical (unpaired) electrons. The van der Waals surface area contributed by atoms with E-state index in [4.69, 9.17) is 11.6 Å². The minimum atomic E-state index is -4.43. The van der Waals surface area contributed by atoms with E-state index in [1.807, 2.05) is 12.1 Å². The van der Waals surface area contributed by atoms with Crippen LogP contribution < -0.4 is 0 Å². The van der Waals surface area contributed by atoms with Crippen LogP contribution in [0.4, 0.5) is 17.6 Å². The normalized spacial score (nSPS) is 16.9. The highest BCUT2D eigenvalue weighted by atomic mass is 35.5. The standard InChI is InChI=1S/C31H30ClF4N/c32-29-18-25(31(34,35)36)13-14-27(29)28-8-3-6-23-5-1-2-7-26(23)30(28)24-11-9-21(10-12-24)17-22-19-37(20-22)16-4-15-33/h1-2,5,7,9-14,18,22H,3-4,6,8,15-17,19-20H2. The van der Waals surface area contributed by atoms with Crippen LogP contribution >= 0.6 is 11.6 Å². The molecule has 0 N–H and O–H groups in total. The van der Waals surface area contributed by atoms with Crippen LogP contribution in [0.2, 0.25) is 5.02 Å². The number of likely N-dealkylation sites (tertiary alicyclic amines) is 1. The Morgan fingerprint density at radius 3 is 2.35 bits per heavy atom. The molecule has 1 aliphatic carbocycles. The number of hydrogen-bond donors (Lipinski definition) is 0. The second-order valence-corrected chi connectivity index (χ2v) is 10.5. The summed E-state index contributed by atoms with van der Waals surface area (Å²) in [4.78, 5) is 2.30. The second-order valence-electron chi connectivity index (χ2n) is 10.1. The van der Waals surface area contributed by atoms with Gasteiger partial charge in [0.15, 0.2) is 0 Å². The number of rotatable bonds is 7. The summed E-state index contributed by atoms with van der Waals surface area (Å²) in [6, 6.07) is 20.5. The summed E-state index contributed by atoms with van der Waals surface area (Å²) >= 11 is 6.49. The molecular formula is C31H30ClF4N. The van der Waals surface area contributed by atoms with E-state index in [1.165, 1.54) is 17.2 Å². The van der Waals surface area contributed by atoms with E-state index < -0.39 is 11.7 Å². The van der Waals surface area contributed by atoms with Gasteiger partial charge in [-0.2, -0.15) is 13.2 Å². The first-order chi connectivity index (χ1) is 17.8. The average molecular weight is 528 g/mol. The molecule has 3 aromatic carbocycles. The van der Waals surface area contributed by atoms with Crippen LogP contribution in [0.5, 0.6) is 0 Å². The van der Waals surface area contributed by atoms with E-state index in [0.717, 1.165) is 79.7 Å². The lowest BCUT2D eigenvalue weighted by molar-refractivity contribution is -0.137. The molecule has 0 spiro atoms.